The zero-order valence-electron chi connectivity index (χ0n) is 11.0. The molecule has 3 fully saturated rings. The van der Waals surface area contributed by atoms with E-state index in [9.17, 15) is 0 Å². The SMILES string of the molecule is CC1SCCCC1NC1CCN2CCCCC12. The monoisotopic (exact) mass is 254 g/mol. The maximum absolute atomic E-state index is 4.00. The zero-order valence-corrected chi connectivity index (χ0v) is 11.8. The quantitative estimate of drug-likeness (QED) is 0.815. The van der Waals surface area contributed by atoms with Crippen LogP contribution in [0.5, 0.6) is 0 Å². The van der Waals surface area contributed by atoms with Crippen LogP contribution < -0.4 is 5.32 Å². The van der Waals surface area contributed by atoms with Gasteiger partial charge in [-0.1, -0.05) is 13.3 Å². The molecular weight excluding hydrogens is 228 g/mol. The molecule has 0 aromatic rings. The predicted molar refractivity (Wildman–Crippen MR) is 75.7 cm³/mol. The van der Waals surface area contributed by atoms with Crippen LogP contribution in [0.15, 0.2) is 0 Å². The Morgan fingerprint density at radius 2 is 1.94 bits per heavy atom. The van der Waals surface area contributed by atoms with E-state index in [1.165, 1.54) is 57.4 Å². The molecule has 3 aliphatic heterocycles. The summed E-state index contributed by atoms with van der Waals surface area (Å²) < 4.78 is 0. The molecule has 3 heterocycles. The Hall–Kier alpha value is 0.270. The third kappa shape index (κ3) is 2.66. The number of thioether (sulfide) groups is 1. The molecule has 0 aromatic heterocycles. The van der Waals surface area contributed by atoms with Gasteiger partial charge in [0.15, 0.2) is 0 Å². The molecule has 3 heteroatoms. The summed E-state index contributed by atoms with van der Waals surface area (Å²) in [6.07, 6.45) is 8.52. The van der Waals surface area contributed by atoms with Crippen molar-refractivity contribution in [1.82, 2.24) is 10.2 Å². The summed E-state index contributed by atoms with van der Waals surface area (Å²) in [5, 5.41) is 4.82. The number of rotatable bonds is 2. The minimum Gasteiger partial charge on any atom is -0.309 e. The molecule has 0 radical (unpaired) electrons. The Balaban J connectivity index is 1.57. The largest absolute Gasteiger partial charge is 0.309 e. The van der Waals surface area contributed by atoms with Crippen LogP contribution in [0.25, 0.3) is 0 Å². The van der Waals surface area contributed by atoms with E-state index in [4.69, 9.17) is 0 Å². The van der Waals surface area contributed by atoms with E-state index in [2.05, 4.69) is 28.9 Å². The molecule has 3 rings (SSSR count). The first kappa shape index (κ1) is 12.3. The van der Waals surface area contributed by atoms with Crippen molar-refractivity contribution in [1.29, 1.82) is 0 Å². The van der Waals surface area contributed by atoms with Crippen molar-refractivity contribution in [2.45, 2.75) is 68.8 Å². The van der Waals surface area contributed by atoms with E-state index in [1.807, 2.05) is 0 Å². The maximum Gasteiger partial charge on any atom is 0.0249 e. The molecule has 17 heavy (non-hydrogen) atoms. The smallest absolute Gasteiger partial charge is 0.0249 e. The summed E-state index contributed by atoms with van der Waals surface area (Å²) in [4.78, 5) is 2.74. The lowest BCUT2D eigenvalue weighted by molar-refractivity contribution is 0.175. The van der Waals surface area contributed by atoms with Crippen LogP contribution in [0.3, 0.4) is 0 Å². The van der Waals surface area contributed by atoms with Crippen molar-refractivity contribution < 1.29 is 0 Å². The highest BCUT2D eigenvalue weighted by atomic mass is 32.2. The van der Waals surface area contributed by atoms with Gasteiger partial charge in [0.2, 0.25) is 0 Å². The standard InChI is InChI=1S/C14H26N2S/c1-11-12(5-4-10-17-11)15-13-7-9-16-8-3-2-6-14(13)16/h11-15H,2-10H2,1H3. The first-order valence-electron chi connectivity index (χ1n) is 7.46. The third-order valence-corrected chi connectivity index (χ3v) is 6.27. The first-order chi connectivity index (χ1) is 8.34. The Bertz CT molecular complexity index is 259. The van der Waals surface area contributed by atoms with Crippen LogP contribution in [0.4, 0.5) is 0 Å². The predicted octanol–water partition coefficient (Wildman–Crippen LogP) is 2.49. The Kier molecular flexibility index (Phi) is 3.98. The Morgan fingerprint density at radius 1 is 1.00 bits per heavy atom. The molecule has 98 valence electrons. The van der Waals surface area contributed by atoms with Crippen molar-refractivity contribution in [2.24, 2.45) is 0 Å². The zero-order chi connectivity index (χ0) is 11.7. The topological polar surface area (TPSA) is 15.3 Å². The number of fused-ring (bicyclic) bond motifs is 1. The van der Waals surface area contributed by atoms with Gasteiger partial charge in [-0.05, 0) is 44.4 Å². The second-order valence-corrected chi connectivity index (χ2v) is 7.47. The van der Waals surface area contributed by atoms with Crippen molar-refractivity contribution in [3.05, 3.63) is 0 Å². The lowest BCUT2D eigenvalue weighted by Gasteiger charge is -2.37. The number of nitrogens with one attached hydrogen (secondary N) is 1. The molecule has 0 bridgehead atoms. The minimum atomic E-state index is 0.778. The molecule has 1 N–H and O–H groups in total. The number of nitrogens with zero attached hydrogens (tertiary/aromatic N) is 1. The van der Waals surface area contributed by atoms with Gasteiger partial charge in [0.25, 0.3) is 0 Å². The second kappa shape index (κ2) is 5.50. The van der Waals surface area contributed by atoms with Crippen LogP contribution in [0.1, 0.15) is 45.4 Å². The van der Waals surface area contributed by atoms with E-state index in [0.29, 0.717) is 0 Å². The number of hydrogen-bond donors (Lipinski definition) is 1. The Labute approximate surface area is 110 Å². The summed E-state index contributed by atoms with van der Waals surface area (Å²) in [6, 6.07) is 2.44. The highest BCUT2D eigenvalue weighted by Gasteiger charge is 2.37. The van der Waals surface area contributed by atoms with E-state index in [0.717, 1.165) is 23.4 Å². The summed E-state index contributed by atoms with van der Waals surface area (Å²) in [5.41, 5.74) is 0. The highest BCUT2D eigenvalue weighted by Crippen LogP contribution is 2.30. The van der Waals surface area contributed by atoms with Crippen molar-refractivity contribution in [2.75, 3.05) is 18.8 Å². The molecule has 3 saturated heterocycles. The molecule has 4 atom stereocenters. The van der Waals surface area contributed by atoms with Crippen LogP contribution in [0, 0.1) is 0 Å². The lowest BCUT2D eigenvalue weighted by atomic mass is 9.97. The van der Waals surface area contributed by atoms with Crippen LogP contribution in [-0.4, -0.2) is 47.1 Å². The van der Waals surface area contributed by atoms with Crippen molar-refractivity contribution in [3.63, 3.8) is 0 Å². The van der Waals surface area contributed by atoms with Crippen molar-refractivity contribution in [3.8, 4) is 0 Å². The van der Waals surface area contributed by atoms with E-state index >= 15 is 0 Å². The fourth-order valence-corrected chi connectivity index (χ4v) is 5.01. The molecule has 0 saturated carbocycles. The molecule has 3 aliphatic rings. The van der Waals surface area contributed by atoms with E-state index in [-0.39, 0.29) is 0 Å². The van der Waals surface area contributed by atoms with Crippen LogP contribution >= 0.6 is 11.8 Å². The normalized spacial score (nSPS) is 43.6. The van der Waals surface area contributed by atoms with Crippen LogP contribution in [-0.2, 0) is 0 Å². The fourth-order valence-electron chi connectivity index (χ4n) is 3.86. The van der Waals surface area contributed by atoms with Gasteiger partial charge in [-0.25, -0.2) is 0 Å². The summed E-state index contributed by atoms with van der Waals surface area (Å²) in [5.74, 6) is 1.37. The molecule has 0 spiro atoms. The molecule has 0 aromatic carbocycles. The van der Waals surface area contributed by atoms with Gasteiger partial charge in [0.1, 0.15) is 0 Å². The number of hydrogen-bond acceptors (Lipinski definition) is 3. The van der Waals surface area contributed by atoms with Gasteiger partial charge >= 0.3 is 0 Å². The maximum atomic E-state index is 4.00. The fraction of sp³-hybridized carbons (Fsp3) is 1.00. The molecule has 4 unspecified atom stereocenters. The van der Waals surface area contributed by atoms with E-state index < -0.39 is 0 Å². The Morgan fingerprint density at radius 3 is 2.82 bits per heavy atom. The molecule has 0 amide bonds. The van der Waals surface area contributed by atoms with Gasteiger partial charge < -0.3 is 5.32 Å². The lowest BCUT2D eigenvalue weighted by Crippen LogP contribution is -2.51. The first-order valence-corrected chi connectivity index (χ1v) is 8.51. The van der Waals surface area contributed by atoms with E-state index in [1.54, 1.807) is 0 Å². The van der Waals surface area contributed by atoms with Gasteiger partial charge in [-0.15, -0.1) is 0 Å². The molecule has 2 nitrogen and oxygen atoms in total. The van der Waals surface area contributed by atoms with Gasteiger partial charge in [-0.3, -0.25) is 4.90 Å². The van der Waals surface area contributed by atoms with Gasteiger partial charge in [0, 0.05) is 29.9 Å². The van der Waals surface area contributed by atoms with Crippen LogP contribution in [0.2, 0.25) is 0 Å². The van der Waals surface area contributed by atoms with Crippen molar-refractivity contribution >= 4 is 11.8 Å². The second-order valence-electron chi connectivity index (χ2n) is 5.99. The summed E-state index contributed by atoms with van der Waals surface area (Å²) in [7, 11) is 0. The summed E-state index contributed by atoms with van der Waals surface area (Å²) in [6.45, 7) is 5.11. The average Bonchev–Trinajstić information content (AvgIpc) is 2.76. The van der Waals surface area contributed by atoms with Gasteiger partial charge in [0.05, 0.1) is 0 Å². The average molecular weight is 254 g/mol. The molecule has 0 aliphatic carbocycles. The summed E-state index contributed by atoms with van der Waals surface area (Å²) >= 11 is 2.16. The molecular formula is C14H26N2S. The van der Waals surface area contributed by atoms with Gasteiger partial charge in [-0.2, -0.15) is 11.8 Å². The highest BCUT2D eigenvalue weighted by molar-refractivity contribution is 7.99. The number of piperidine rings is 1. The third-order valence-electron chi connectivity index (χ3n) is 4.89. The minimum absolute atomic E-state index is 0.778.